The summed E-state index contributed by atoms with van der Waals surface area (Å²) in [5.74, 6) is 1.91. The molecule has 0 aliphatic heterocycles. The number of benzene rings is 1. The van der Waals surface area contributed by atoms with E-state index >= 15 is 0 Å². The van der Waals surface area contributed by atoms with E-state index in [1.165, 1.54) is 0 Å². The van der Waals surface area contributed by atoms with E-state index in [0.717, 1.165) is 35.4 Å². The highest BCUT2D eigenvalue weighted by molar-refractivity contribution is 6.31. The van der Waals surface area contributed by atoms with Crippen molar-refractivity contribution in [2.75, 3.05) is 0 Å². The van der Waals surface area contributed by atoms with Gasteiger partial charge in [0.05, 0.1) is 0 Å². The maximum atomic E-state index is 6.15. The molecule has 21 heavy (non-hydrogen) atoms. The Morgan fingerprint density at radius 3 is 2.57 bits per heavy atom. The van der Waals surface area contributed by atoms with E-state index in [9.17, 15) is 0 Å². The fourth-order valence-electron chi connectivity index (χ4n) is 1.94. The fraction of sp³-hybridized carbons (Fsp3) is 0.375. The third-order valence-corrected chi connectivity index (χ3v) is 3.91. The summed E-state index contributed by atoms with van der Waals surface area (Å²) in [6.45, 7) is 5.98. The second-order valence-electron chi connectivity index (χ2n) is 4.82. The quantitative estimate of drug-likeness (QED) is 0.691. The zero-order valence-electron chi connectivity index (χ0n) is 12.4. The molecule has 0 unspecified atom stereocenters. The molecule has 3 nitrogen and oxygen atoms in total. The number of aromatic nitrogens is 2. The molecule has 0 saturated heterocycles. The summed E-state index contributed by atoms with van der Waals surface area (Å²) in [5, 5.41) is 1.18. The topological polar surface area (TPSA) is 35.0 Å². The second-order valence-corrected chi connectivity index (χ2v) is 5.58. The Morgan fingerprint density at radius 2 is 1.90 bits per heavy atom. The minimum atomic E-state index is 0.438. The van der Waals surface area contributed by atoms with Crippen molar-refractivity contribution in [3.8, 4) is 11.6 Å². The summed E-state index contributed by atoms with van der Waals surface area (Å²) in [5.41, 5.74) is 1.78. The van der Waals surface area contributed by atoms with Gasteiger partial charge < -0.3 is 4.74 Å². The number of aryl methyl sites for hydroxylation is 2. The van der Waals surface area contributed by atoms with Gasteiger partial charge in [0, 0.05) is 17.0 Å². The Labute approximate surface area is 135 Å². The van der Waals surface area contributed by atoms with Gasteiger partial charge in [-0.1, -0.05) is 37.0 Å². The first kappa shape index (κ1) is 16.1. The molecule has 2 rings (SSSR count). The molecule has 5 heteroatoms. The minimum absolute atomic E-state index is 0.438. The molecule has 0 aliphatic carbocycles. The smallest absolute Gasteiger partial charge is 0.226 e. The lowest BCUT2D eigenvalue weighted by atomic mass is 10.1. The van der Waals surface area contributed by atoms with Gasteiger partial charge in [-0.05, 0) is 43.5 Å². The molecule has 0 spiro atoms. The number of ether oxygens (including phenoxy) is 1. The lowest BCUT2D eigenvalue weighted by Gasteiger charge is -2.11. The van der Waals surface area contributed by atoms with Gasteiger partial charge in [0.15, 0.2) is 0 Å². The van der Waals surface area contributed by atoms with Crippen LogP contribution in [0.3, 0.4) is 0 Å². The van der Waals surface area contributed by atoms with Gasteiger partial charge in [-0.2, -0.15) is 4.98 Å². The highest BCUT2D eigenvalue weighted by Gasteiger charge is 2.12. The van der Waals surface area contributed by atoms with Crippen LogP contribution < -0.4 is 4.74 Å². The van der Waals surface area contributed by atoms with E-state index < -0.39 is 0 Å². The molecule has 1 aromatic carbocycles. The van der Waals surface area contributed by atoms with Crippen molar-refractivity contribution in [2.45, 2.75) is 40.0 Å². The Balaban J connectivity index is 2.34. The average Bonchev–Trinajstić information content (AvgIpc) is 2.46. The van der Waals surface area contributed by atoms with Crippen LogP contribution in [0.25, 0.3) is 0 Å². The lowest BCUT2D eigenvalue weighted by molar-refractivity contribution is 0.453. The Bertz CT molecular complexity index is 644. The van der Waals surface area contributed by atoms with Gasteiger partial charge in [0.25, 0.3) is 0 Å². The van der Waals surface area contributed by atoms with Crippen LogP contribution in [-0.2, 0) is 12.8 Å². The maximum absolute atomic E-state index is 6.15. The van der Waals surface area contributed by atoms with Crippen molar-refractivity contribution in [3.05, 3.63) is 45.3 Å². The van der Waals surface area contributed by atoms with Crippen molar-refractivity contribution < 1.29 is 4.74 Å². The van der Waals surface area contributed by atoms with Gasteiger partial charge >= 0.3 is 0 Å². The van der Waals surface area contributed by atoms with Crippen LogP contribution in [0, 0.1) is 6.92 Å². The van der Waals surface area contributed by atoms with E-state index in [1.54, 1.807) is 0 Å². The summed E-state index contributed by atoms with van der Waals surface area (Å²) >= 11 is 12.3. The maximum Gasteiger partial charge on any atom is 0.226 e. The van der Waals surface area contributed by atoms with E-state index in [0.29, 0.717) is 22.6 Å². The van der Waals surface area contributed by atoms with E-state index in [1.807, 2.05) is 25.1 Å². The third-order valence-electron chi connectivity index (χ3n) is 3.17. The highest BCUT2D eigenvalue weighted by atomic mass is 35.5. The monoisotopic (exact) mass is 324 g/mol. The van der Waals surface area contributed by atoms with E-state index in [-0.39, 0.29) is 0 Å². The first-order valence-corrected chi connectivity index (χ1v) is 7.80. The molecule has 2 aromatic rings. The van der Waals surface area contributed by atoms with Gasteiger partial charge in [-0.25, -0.2) is 4.98 Å². The van der Waals surface area contributed by atoms with Crippen LogP contribution in [-0.4, -0.2) is 9.97 Å². The molecule has 0 atom stereocenters. The van der Waals surface area contributed by atoms with Crippen LogP contribution in [0.5, 0.6) is 11.6 Å². The lowest BCUT2D eigenvalue weighted by Crippen LogP contribution is -2.01. The van der Waals surface area contributed by atoms with Crippen molar-refractivity contribution in [1.29, 1.82) is 0 Å². The molecular weight excluding hydrogens is 307 g/mol. The van der Waals surface area contributed by atoms with Crippen molar-refractivity contribution in [1.82, 2.24) is 9.97 Å². The average molecular weight is 325 g/mol. The Kier molecular flexibility index (Phi) is 5.43. The molecule has 0 amide bonds. The van der Waals surface area contributed by atoms with Gasteiger partial charge in [0.1, 0.15) is 16.7 Å². The SMILES string of the molecule is CCCc1nc(Cl)c(C)c(Oc2ccc(Cl)c(CC)c2)n1. The van der Waals surface area contributed by atoms with Crippen LogP contribution in [0.4, 0.5) is 0 Å². The standard InChI is InChI=1S/C16H18Cl2N2O/c1-4-6-14-19-15(18)10(3)16(20-14)21-12-7-8-13(17)11(5-2)9-12/h7-9H,4-6H2,1-3H3. The van der Waals surface area contributed by atoms with Crippen LogP contribution >= 0.6 is 23.2 Å². The number of hydrogen-bond donors (Lipinski definition) is 0. The highest BCUT2D eigenvalue weighted by Crippen LogP contribution is 2.29. The van der Waals surface area contributed by atoms with E-state index in [2.05, 4.69) is 23.8 Å². The van der Waals surface area contributed by atoms with Gasteiger partial charge in [-0.3, -0.25) is 0 Å². The van der Waals surface area contributed by atoms with E-state index in [4.69, 9.17) is 27.9 Å². The predicted molar refractivity (Wildman–Crippen MR) is 86.7 cm³/mol. The van der Waals surface area contributed by atoms with Gasteiger partial charge in [-0.15, -0.1) is 0 Å². The Morgan fingerprint density at radius 1 is 1.14 bits per heavy atom. The zero-order valence-corrected chi connectivity index (χ0v) is 13.9. The zero-order chi connectivity index (χ0) is 15.4. The van der Waals surface area contributed by atoms with Crippen LogP contribution in [0.15, 0.2) is 18.2 Å². The van der Waals surface area contributed by atoms with Crippen molar-refractivity contribution in [3.63, 3.8) is 0 Å². The molecule has 1 heterocycles. The molecule has 1 aromatic heterocycles. The number of rotatable bonds is 5. The largest absolute Gasteiger partial charge is 0.439 e. The first-order valence-electron chi connectivity index (χ1n) is 7.04. The number of halogens is 2. The molecule has 0 radical (unpaired) electrons. The minimum Gasteiger partial charge on any atom is -0.439 e. The number of nitrogens with zero attached hydrogens (tertiary/aromatic N) is 2. The molecule has 0 aliphatic rings. The summed E-state index contributed by atoms with van der Waals surface area (Å²) in [4.78, 5) is 8.71. The predicted octanol–water partition coefficient (Wildman–Crippen LogP) is 5.40. The molecule has 0 bridgehead atoms. The summed E-state index contributed by atoms with van der Waals surface area (Å²) in [7, 11) is 0. The number of hydrogen-bond acceptors (Lipinski definition) is 3. The molecule has 112 valence electrons. The molecule has 0 saturated carbocycles. The normalized spacial score (nSPS) is 10.7. The summed E-state index contributed by atoms with van der Waals surface area (Å²) in [6, 6.07) is 5.59. The van der Waals surface area contributed by atoms with Crippen molar-refractivity contribution in [2.24, 2.45) is 0 Å². The second kappa shape index (κ2) is 7.10. The summed E-state index contributed by atoms with van der Waals surface area (Å²) in [6.07, 6.45) is 2.58. The fourth-order valence-corrected chi connectivity index (χ4v) is 2.37. The van der Waals surface area contributed by atoms with Crippen LogP contribution in [0.2, 0.25) is 10.2 Å². The molecule has 0 N–H and O–H groups in total. The molecular formula is C16H18Cl2N2O. The first-order chi connectivity index (χ1) is 10.0. The van der Waals surface area contributed by atoms with Crippen molar-refractivity contribution >= 4 is 23.2 Å². The van der Waals surface area contributed by atoms with Crippen LogP contribution in [0.1, 0.15) is 37.2 Å². The Hall–Kier alpha value is -1.32. The van der Waals surface area contributed by atoms with Gasteiger partial charge in [0.2, 0.25) is 5.88 Å². The third kappa shape index (κ3) is 3.86. The molecule has 0 fully saturated rings. The summed E-state index contributed by atoms with van der Waals surface area (Å²) < 4.78 is 5.88.